The minimum Gasteiger partial charge on any atom is -0.478 e. The summed E-state index contributed by atoms with van der Waals surface area (Å²) in [7, 11) is -3.82. The Balaban J connectivity index is 0.000000271. The molecule has 0 bridgehead atoms. The van der Waals surface area contributed by atoms with Crippen LogP contribution in [0.2, 0.25) is 15.1 Å². The van der Waals surface area contributed by atoms with Crippen molar-refractivity contribution in [2.24, 2.45) is 0 Å². The molecule has 5 aromatic carbocycles. The van der Waals surface area contributed by atoms with Crippen LogP contribution in [0.1, 0.15) is 66.4 Å². The molecule has 5 aromatic rings. The normalized spacial score (nSPS) is 16.3. The van der Waals surface area contributed by atoms with Gasteiger partial charge in [0.15, 0.2) is 9.84 Å². The largest absolute Gasteiger partial charge is 0.478 e. The zero-order valence-electron chi connectivity index (χ0n) is 26.3. The second-order valence-corrected chi connectivity index (χ2v) is 15.5. The number of sulfone groups is 1. The molecule has 2 N–H and O–H groups in total. The molecule has 0 aromatic heterocycles. The maximum absolute atomic E-state index is 14.1. The number of hydrogen-bond donors (Lipinski definition) is 2. The van der Waals surface area contributed by atoms with Crippen LogP contribution in [0.15, 0.2) is 102 Å². The van der Waals surface area contributed by atoms with Gasteiger partial charge in [-0.1, -0.05) is 108 Å². The van der Waals surface area contributed by atoms with Crippen LogP contribution < -0.4 is 0 Å². The standard InChI is InChI=1S/C30H23Cl3O2S.C9H8O4/c31-25-16-27(33)29(17-26(25)32)36(34,35)28-15-14-23-22-11-10-18-6-4-5-9-20(18)21(22)12-13-24(23)30(28)19-7-2-1-3-8-19;1-5-6(8(10)11)3-2-4-7(5)9(12)13/h1-9,12-13,16-17,28,30H,10-11,14-15H2;2-4H,1H3,(H,10,11)(H,12,13). The number of halogens is 3. The fraction of sp³-hybridized carbons (Fsp3) is 0.179. The molecule has 0 amide bonds. The Morgan fingerprint density at radius 1 is 0.673 bits per heavy atom. The number of hydrogen-bond acceptors (Lipinski definition) is 4. The van der Waals surface area contributed by atoms with Gasteiger partial charge in [0.25, 0.3) is 0 Å². The van der Waals surface area contributed by atoms with E-state index in [1.165, 1.54) is 65.1 Å². The van der Waals surface area contributed by atoms with Crippen LogP contribution in [0, 0.1) is 6.92 Å². The topological polar surface area (TPSA) is 109 Å². The molecule has 0 saturated carbocycles. The van der Waals surface area contributed by atoms with Crippen molar-refractivity contribution < 1.29 is 28.2 Å². The first-order valence-electron chi connectivity index (χ1n) is 15.6. The highest BCUT2D eigenvalue weighted by atomic mass is 35.5. The summed E-state index contributed by atoms with van der Waals surface area (Å²) in [4.78, 5) is 21.2. The van der Waals surface area contributed by atoms with Crippen molar-refractivity contribution in [2.45, 2.75) is 48.7 Å². The van der Waals surface area contributed by atoms with Crippen LogP contribution in [0.25, 0.3) is 11.1 Å². The van der Waals surface area contributed by atoms with E-state index >= 15 is 0 Å². The molecule has 2 aliphatic rings. The summed E-state index contributed by atoms with van der Waals surface area (Å²) in [6.07, 6.45) is 3.17. The molecule has 0 heterocycles. The van der Waals surface area contributed by atoms with Gasteiger partial charge in [-0.3, -0.25) is 0 Å². The molecular weight excluding hydrogens is 703 g/mol. The van der Waals surface area contributed by atoms with Crippen LogP contribution in [0.3, 0.4) is 0 Å². The van der Waals surface area contributed by atoms with Crippen molar-refractivity contribution in [3.63, 3.8) is 0 Å². The number of carboxylic acids is 2. The lowest BCUT2D eigenvalue weighted by molar-refractivity contribution is 0.0696. The highest BCUT2D eigenvalue weighted by Gasteiger charge is 2.42. The van der Waals surface area contributed by atoms with Gasteiger partial charge in [0.1, 0.15) is 0 Å². The van der Waals surface area contributed by atoms with E-state index in [4.69, 9.17) is 45.0 Å². The van der Waals surface area contributed by atoms with Gasteiger partial charge in [-0.25, -0.2) is 18.0 Å². The minimum atomic E-state index is -3.82. The highest BCUT2D eigenvalue weighted by Crippen LogP contribution is 2.47. The molecule has 0 spiro atoms. The fourth-order valence-electron chi connectivity index (χ4n) is 7.12. The monoisotopic (exact) mass is 732 g/mol. The third-order valence-electron chi connectivity index (χ3n) is 9.44. The smallest absolute Gasteiger partial charge is 0.335 e. The Bertz CT molecular complexity index is 2180. The Labute approximate surface area is 299 Å². The van der Waals surface area contributed by atoms with E-state index in [2.05, 4.69) is 36.4 Å². The minimum absolute atomic E-state index is 0.0277. The second-order valence-electron chi connectivity index (χ2n) is 12.1. The number of carbonyl (C=O) groups is 2. The Morgan fingerprint density at radius 2 is 1.31 bits per heavy atom. The van der Waals surface area contributed by atoms with Crippen LogP contribution in [-0.2, 0) is 29.1 Å². The van der Waals surface area contributed by atoms with Crippen LogP contribution >= 0.6 is 34.8 Å². The first kappa shape index (κ1) is 34.7. The van der Waals surface area contributed by atoms with Crippen molar-refractivity contribution in [1.29, 1.82) is 0 Å². The Kier molecular flexibility index (Phi) is 9.92. The first-order chi connectivity index (χ1) is 23.4. The molecule has 0 fully saturated rings. The lowest BCUT2D eigenvalue weighted by Gasteiger charge is -2.36. The molecule has 2 aliphatic carbocycles. The summed E-state index contributed by atoms with van der Waals surface area (Å²) in [5.41, 5.74) is 9.00. The number of benzene rings is 5. The number of aromatic carboxylic acids is 2. The maximum Gasteiger partial charge on any atom is 0.335 e. The lowest BCUT2D eigenvalue weighted by atomic mass is 9.73. The molecule has 49 heavy (non-hydrogen) atoms. The van der Waals surface area contributed by atoms with E-state index in [9.17, 15) is 18.0 Å². The summed E-state index contributed by atoms with van der Waals surface area (Å²) in [6.45, 7) is 1.48. The molecular formula is C39H31Cl3O6S. The van der Waals surface area contributed by atoms with E-state index in [-0.39, 0.29) is 42.6 Å². The van der Waals surface area contributed by atoms with Crippen molar-refractivity contribution in [2.75, 3.05) is 0 Å². The Morgan fingerprint density at radius 3 is 1.98 bits per heavy atom. The highest BCUT2D eigenvalue weighted by molar-refractivity contribution is 7.92. The quantitative estimate of drug-likeness (QED) is 0.174. The van der Waals surface area contributed by atoms with Crippen molar-refractivity contribution in [1.82, 2.24) is 0 Å². The molecule has 7 rings (SSSR count). The fourth-order valence-corrected chi connectivity index (χ4v) is 10.1. The van der Waals surface area contributed by atoms with Gasteiger partial charge in [0, 0.05) is 5.92 Å². The molecule has 0 radical (unpaired) electrons. The van der Waals surface area contributed by atoms with E-state index < -0.39 is 27.0 Å². The van der Waals surface area contributed by atoms with Crippen LogP contribution in [-0.4, -0.2) is 35.8 Å². The third kappa shape index (κ3) is 6.61. The number of rotatable bonds is 5. The van der Waals surface area contributed by atoms with Gasteiger partial charge in [-0.05, 0) is 101 Å². The summed E-state index contributed by atoms with van der Waals surface area (Å²) < 4.78 is 28.3. The summed E-state index contributed by atoms with van der Waals surface area (Å²) in [6, 6.07) is 29.8. The third-order valence-corrected chi connectivity index (χ3v) is 12.8. The molecule has 2 atom stereocenters. The van der Waals surface area contributed by atoms with Gasteiger partial charge in [0.05, 0.1) is 36.3 Å². The zero-order chi connectivity index (χ0) is 35.0. The van der Waals surface area contributed by atoms with E-state index in [0.29, 0.717) is 12.8 Å². The lowest BCUT2D eigenvalue weighted by Crippen LogP contribution is -2.34. The maximum atomic E-state index is 14.1. The van der Waals surface area contributed by atoms with Crippen LogP contribution in [0.4, 0.5) is 0 Å². The van der Waals surface area contributed by atoms with E-state index in [1.807, 2.05) is 30.3 Å². The van der Waals surface area contributed by atoms with Crippen molar-refractivity contribution >= 4 is 56.6 Å². The van der Waals surface area contributed by atoms with Gasteiger partial charge in [-0.2, -0.15) is 0 Å². The summed E-state index contributed by atoms with van der Waals surface area (Å²) >= 11 is 18.8. The SMILES string of the molecule is Cc1c(C(=O)O)cccc1C(=O)O.O=S(=O)(c1cc(Cl)c(Cl)cc1Cl)C1CCc2c(ccc3c2CCc2ccccc2-3)C1c1ccccc1. The zero-order valence-corrected chi connectivity index (χ0v) is 29.4. The molecule has 250 valence electrons. The summed E-state index contributed by atoms with van der Waals surface area (Å²) in [5.74, 6) is -2.53. The summed E-state index contributed by atoms with van der Waals surface area (Å²) in [5, 5.41) is 17.2. The first-order valence-corrected chi connectivity index (χ1v) is 18.3. The number of carboxylic acid groups (broad SMARTS) is 2. The number of aryl methyl sites for hydroxylation is 1. The van der Waals surface area contributed by atoms with Gasteiger partial charge in [0.2, 0.25) is 0 Å². The molecule has 10 heteroatoms. The average Bonchev–Trinajstić information content (AvgIpc) is 3.09. The predicted molar refractivity (Wildman–Crippen MR) is 193 cm³/mol. The molecule has 0 aliphatic heterocycles. The van der Waals surface area contributed by atoms with Gasteiger partial charge < -0.3 is 10.2 Å². The average molecular weight is 734 g/mol. The molecule has 0 saturated heterocycles. The molecule has 2 unspecified atom stereocenters. The predicted octanol–water partition coefficient (Wildman–Crippen LogP) is 9.72. The Hall–Kier alpha value is -4.14. The number of fused-ring (bicyclic) bond motifs is 5. The van der Waals surface area contributed by atoms with Crippen molar-refractivity contribution in [3.8, 4) is 11.1 Å². The van der Waals surface area contributed by atoms with Crippen molar-refractivity contribution in [3.05, 3.63) is 157 Å². The second kappa shape index (κ2) is 14.0. The van der Waals surface area contributed by atoms with Crippen LogP contribution in [0.5, 0.6) is 0 Å². The van der Waals surface area contributed by atoms with E-state index in [1.54, 1.807) is 0 Å². The molecule has 6 nitrogen and oxygen atoms in total. The van der Waals surface area contributed by atoms with Gasteiger partial charge in [-0.15, -0.1) is 0 Å². The van der Waals surface area contributed by atoms with E-state index in [0.717, 1.165) is 24.0 Å². The van der Waals surface area contributed by atoms with Gasteiger partial charge >= 0.3 is 11.9 Å².